The zero-order valence-electron chi connectivity index (χ0n) is 16.1. The Balaban J connectivity index is 0.000000523. The van der Waals surface area contributed by atoms with E-state index in [0.717, 1.165) is 0 Å². The molecule has 0 radical (unpaired) electrons. The summed E-state index contributed by atoms with van der Waals surface area (Å²) in [6.07, 6.45) is -1.08. The second-order valence-corrected chi connectivity index (χ2v) is 6.45. The zero-order chi connectivity index (χ0) is 21.1. The minimum atomic E-state index is -1.21. The van der Waals surface area contributed by atoms with Gasteiger partial charge in [0, 0.05) is 10.0 Å². The first kappa shape index (κ1) is 28.0. The Bertz CT molecular complexity index is 687. The summed E-state index contributed by atoms with van der Waals surface area (Å²) in [5, 5.41) is 22.2. The van der Waals surface area contributed by atoms with Crippen LogP contribution < -0.4 is 19.7 Å². The fraction of sp³-hybridized carbons (Fsp3) is 0.300. The van der Waals surface area contributed by atoms with Crippen LogP contribution in [0.4, 0.5) is 0 Å². The number of halogens is 2. The predicted octanol–water partition coefficient (Wildman–Crippen LogP) is 2.11. The third-order valence-corrected chi connectivity index (χ3v) is 3.96. The average Bonchev–Trinajstić information content (AvgIpc) is 2.67. The molecular formula is C20H20Cl2O6Sr. The van der Waals surface area contributed by atoms with Gasteiger partial charge in [0.15, 0.2) is 0 Å². The Morgan fingerprint density at radius 3 is 1.24 bits per heavy atom. The molecular weight excluding hydrogens is 495 g/mol. The van der Waals surface area contributed by atoms with Crippen molar-refractivity contribution in [2.24, 2.45) is 0 Å². The fourth-order valence-electron chi connectivity index (χ4n) is 1.95. The number of carboxylic acid groups (broad SMARTS) is 2. The van der Waals surface area contributed by atoms with E-state index in [0.29, 0.717) is 34.4 Å². The van der Waals surface area contributed by atoms with Crippen molar-refractivity contribution in [2.75, 3.05) is 0 Å². The molecule has 152 valence electrons. The minimum absolute atomic E-state index is 0. The van der Waals surface area contributed by atoms with E-state index in [1.807, 2.05) is 0 Å². The molecule has 0 aliphatic rings. The normalized spacial score (nSPS) is 11.7. The van der Waals surface area contributed by atoms with Gasteiger partial charge in [-0.2, -0.15) is 0 Å². The molecule has 0 saturated heterocycles. The molecule has 0 spiro atoms. The standard InChI is InChI=1S/2C10H11ClO3.Sr/c2*1-2-9(10(12)13)14-8-5-3-7(11)4-6-8;/h2*3-6,9H,2H2,1H3,(H,12,13);/q;;+2/p-2. The predicted molar refractivity (Wildman–Crippen MR) is 108 cm³/mol. The quantitative estimate of drug-likeness (QED) is 0.500. The summed E-state index contributed by atoms with van der Waals surface area (Å²) in [7, 11) is 0. The fourth-order valence-corrected chi connectivity index (χ4v) is 2.20. The van der Waals surface area contributed by atoms with Crippen LogP contribution in [0.5, 0.6) is 11.5 Å². The van der Waals surface area contributed by atoms with E-state index >= 15 is 0 Å². The van der Waals surface area contributed by atoms with Gasteiger partial charge in [-0.25, -0.2) is 0 Å². The second-order valence-electron chi connectivity index (χ2n) is 5.58. The number of carbonyl (C=O) groups excluding carboxylic acids is 2. The summed E-state index contributed by atoms with van der Waals surface area (Å²) >= 11 is 11.3. The van der Waals surface area contributed by atoms with E-state index < -0.39 is 24.1 Å². The van der Waals surface area contributed by atoms with Gasteiger partial charge in [0.25, 0.3) is 0 Å². The minimum Gasteiger partial charge on any atom is -0.546 e. The van der Waals surface area contributed by atoms with Crippen LogP contribution in [0, 0.1) is 0 Å². The Hall–Kier alpha value is -0.959. The molecule has 0 aliphatic heterocycles. The maximum Gasteiger partial charge on any atom is 2.00 e. The van der Waals surface area contributed by atoms with Gasteiger partial charge < -0.3 is 29.3 Å². The molecule has 0 amide bonds. The van der Waals surface area contributed by atoms with E-state index in [2.05, 4.69) is 0 Å². The van der Waals surface area contributed by atoms with Crippen LogP contribution in [0.2, 0.25) is 10.0 Å². The van der Waals surface area contributed by atoms with Gasteiger partial charge in [-0.15, -0.1) is 0 Å². The van der Waals surface area contributed by atoms with E-state index in [1.165, 1.54) is 0 Å². The van der Waals surface area contributed by atoms with Crippen LogP contribution >= 0.6 is 23.2 Å². The number of carbonyl (C=O) groups is 2. The first-order valence-electron chi connectivity index (χ1n) is 8.52. The molecule has 9 heteroatoms. The van der Waals surface area contributed by atoms with Crippen molar-refractivity contribution < 1.29 is 29.3 Å². The van der Waals surface area contributed by atoms with Gasteiger partial charge in [0.1, 0.15) is 23.7 Å². The Kier molecular flexibility index (Phi) is 14.4. The van der Waals surface area contributed by atoms with Crippen LogP contribution in [0.3, 0.4) is 0 Å². The van der Waals surface area contributed by atoms with Crippen LogP contribution in [0.1, 0.15) is 26.7 Å². The molecule has 2 aromatic rings. The Labute approximate surface area is 217 Å². The summed E-state index contributed by atoms with van der Waals surface area (Å²) in [5.41, 5.74) is 0. The number of ether oxygens (including phenoxy) is 2. The third-order valence-electron chi connectivity index (χ3n) is 3.45. The molecule has 6 nitrogen and oxygen atoms in total. The number of rotatable bonds is 8. The van der Waals surface area contributed by atoms with Crippen LogP contribution in [0.25, 0.3) is 0 Å². The van der Waals surface area contributed by atoms with Crippen molar-refractivity contribution in [2.45, 2.75) is 38.9 Å². The third kappa shape index (κ3) is 11.1. The molecule has 0 aliphatic carbocycles. The monoisotopic (exact) mass is 514 g/mol. The first-order chi connectivity index (χ1) is 13.3. The number of hydrogen-bond donors (Lipinski definition) is 0. The van der Waals surface area contributed by atoms with Crippen LogP contribution in [-0.2, 0) is 9.59 Å². The van der Waals surface area contributed by atoms with E-state index in [9.17, 15) is 19.8 Å². The summed E-state index contributed by atoms with van der Waals surface area (Å²) in [6, 6.07) is 13.0. The molecule has 2 aromatic carbocycles. The van der Waals surface area contributed by atoms with E-state index in [-0.39, 0.29) is 45.5 Å². The van der Waals surface area contributed by atoms with Crippen LogP contribution in [0.15, 0.2) is 48.5 Å². The molecule has 0 heterocycles. The molecule has 2 unspecified atom stereocenters. The van der Waals surface area contributed by atoms with Gasteiger partial charge in [-0.1, -0.05) is 37.0 Å². The van der Waals surface area contributed by atoms with Gasteiger partial charge >= 0.3 is 45.5 Å². The smallest absolute Gasteiger partial charge is 0.546 e. The van der Waals surface area contributed by atoms with Crippen molar-refractivity contribution in [1.82, 2.24) is 0 Å². The summed E-state index contributed by atoms with van der Waals surface area (Å²) < 4.78 is 10.3. The molecule has 0 N–H and O–H groups in total. The molecule has 2 atom stereocenters. The number of hydrogen-bond acceptors (Lipinski definition) is 6. The SMILES string of the molecule is CCC(Oc1ccc(Cl)cc1)C(=O)[O-].CCC(Oc1ccc(Cl)cc1)C(=O)[O-].[Sr+2]. The van der Waals surface area contributed by atoms with Gasteiger partial charge in [-0.3, -0.25) is 0 Å². The molecule has 0 aromatic heterocycles. The number of aliphatic carboxylic acids is 2. The van der Waals surface area contributed by atoms with Crippen molar-refractivity contribution in [3.8, 4) is 11.5 Å². The molecule has 0 saturated carbocycles. The van der Waals surface area contributed by atoms with E-state index in [4.69, 9.17) is 32.7 Å². The Morgan fingerprint density at radius 2 is 1.03 bits per heavy atom. The molecule has 2 rings (SSSR count). The topological polar surface area (TPSA) is 98.7 Å². The van der Waals surface area contributed by atoms with Crippen molar-refractivity contribution >= 4 is 80.6 Å². The second kappa shape index (κ2) is 14.9. The molecule has 0 bridgehead atoms. The van der Waals surface area contributed by atoms with Crippen molar-refractivity contribution in [3.63, 3.8) is 0 Å². The summed E-state index contributed by atoms with van der Waals surface area (Å²) in [6.45, 7) is 3.44. The Morgan fingerprint density at radius 1 is 0.759 bits per heavy atom. The maximum absolute atomic E-state index is 10.5. The van der Waals surface area contributed by atoms with Crippen molar-refractivity contribution in [1.29, 1.82) is 0 Å². The van der Waals surface area contributed by atoms with Gasteiger partial charge in [-0.05, 0) is 61.4 Å². The van der Waals surface area contributed by atoms with E-state index in [1.54, 1.807) is 62.4 Å². The largest absolute Gasteiger partial charge is 2.00 e. The van der Waals surface area contributed by atoms with Crippen LogP contribution in [-0.4, -0.2) is 69.6 Å². The van der Waals surface area contributed by atoms with Gasteiger partial charge in [0.05, 0.1) is 11.9 Å². The number of benzene rings is 2. The maximum atomic E-state index is 10.5. The number of carboxylic acids is 2. The summed E-state index contributed by atoms with van der Waals surface area (Å²) in [4.78, 5) is 21.1. The summed E-state index contributed by atoms with van der Waals surface area (Å²) in [5.74, 6) is -1.46. The zero-order valence-corrected chi connectivity index (χ0v) is 21.1. The van der Waals surface area contributed by atoms with Gasteiger partial charge in [0.2, 0.25) is 0 Å². The van der Waals surface area contributed by atoms with Crippen molar-refractivity contribution in [3.05, 3.63) is 58.6 Å². The molecule has 0 fully saturated rings. The molecule has 29 heavy (non-hydrogen) atoms. The average molecular weight is 515 g/mol. The first-order valence-corrected chi connectivity index (χ1v) is 9.28.